The van der Waals surface area contributed by atoms with Crippen LogP contribution in [-0.4, -0.2) is 59.6 Å². The Morgan fingerprint density at radius 3 is 2.61 bits per heavy atom. The van der Waals surface area contributed by atoms with Crippen molar-refractivity contribution in [3.63, 3.8) is 0 Å². The van der Waals surface area contributed by atoms with Gasteiger partial charge in [0, 0.05) is 27.6 Å². The van der Waals surface area contributed by atoms with Crippen molar-refractivity contribution in [1.29, 1.82) is 0 Å². The Morgan fingerprint density at radius 1 is 1.14 bits per heavy atom. The number of alkyl halides is 2. The van der Waals surface area contributed by atoms with Crippen LogP contribution >= 0.6 is 23.2 Å². The quantitative estimate of drug-likeness (QED) is 0.346. The second-order valence-electron chi connectivity index (χ2n) is 12.3. The number of carbonyl (C=O) groups excluding carboxylic acids is 2. The summed E-state index contributed by atoms with van der Waals surface area (Å²) >= 11 is 12.5. The number of rotatable bonds is 6. The highest BCUT2D eigenvalue weighted by molar-refractivity contribution is 6.31. The number of nitrogens with zero attached hydrogens (tertiary/aromatic N) is 2. The summed E-state index contributed by atoms with van der Waals surface area (Å²) in [6.07, 6.45) is 1.63. The Bertz CT molecular complexity index is 1610. The number of fused-ring (bicyclic) bond motifs is 3. The Labute approximate surface area is 260 Å². The predicted molar refractivity (Wildman–Crippen MR) is 153 cm³/mol. The molecule has 3 N–H and O–H groups in total. The number of hydrogen-bond donors (Lipinski definition) is 3. The molecule has 0 unspecified atom stereocenters. The molecule has 5 atom stereocenters. The number of amides is 2. The third kappa shape index (κ3) is 4.21. The van der Waals surface area contributed by atoms with Gasteiger partial charge in [-0.2, -0.15) is 0 Å². The topological polar surface area (TPSA) is 118 Å². The van der Waals surface area contributed by atoms with Gasteiger partial charge < -0.3 is 19.8 Å². The van der Waals surface area contributed by atoms with Crippen molar-refractivity contribution in [2.24, 2.45) is 5.41 Å². The fraction of sp³-hybridized carbons (Fsp3) is 0.467. The number of benzene rings is 2. The van der Waals surface area contributed by atoms with Crippen LogP contribution in [0.15, 0.2) is 47.2 Å². The normalized spacial score (nSPS) is 29.8. The smallest absolute Gasteiger partial charge is 0.244 e. The van der Waals surface area contributed by atoms with Gasteiger partial charge in [-0.15, -0.1) is 10.2 Å². The molecular weight excluding hydrogens is 622 g/mol. The Balaban J connectivity index is 1.31. The van der Waals surface area contributed by atoms with Crippen LogP contribution in [0.3, 0.4) is 0 Å². The van der Waals surface area contributed by atoms with Gasteiger partial charge in [0.15, 0.2) is 0 Å². The lowest BCUT2D eigenvalue weighted by molar-refractivity contribution is -0.131. The second-order valence-corrected chi connectivity index (χ2v) is 13.1. The second kappa shape index (κ2) is 10.7. The van der Waals surface area contributed by atoms with E-state index in [-0.39, 0.29) is 30.0 Å². The number of anilines is 1. The minimum Gasteiger partial charge on any atom is -0.425 e. The molecular formula is C30H28Cl2F3N5O4. The van der Waals surface area contributed by atoms with E-state index in [0.29, 0.717) is 35.0 Å². The van der Waals surface area contributed by atoms with Crippen LogP contribution in [0.4, 0.5) is 18.9 Å². The van der Waals surface area contributed by atoms with Gasteiger partial charge in [-0.25, -0.2) is 4.39 Å². The predicted octanol–water partition coefficient (Wildman–Crippen LogP) is 4.96. The van der Waals surface area contributed by atoms with Crippen LogP contribution < -0.4 is 16.0 Å². The first-order valence-corrected chi connectivity index (χ1v) is 15.1. The highest BCUT2D eigenvalue weighted by atomic mass is 35.5. The molecule has 1 aromatic heterocycles. The molecule has 2 amide bonds. The Morgan fingerprint density at radius 2 is 1.93 bits per heavy atom. The molecule has 3 aromatic rings. The summed E-state index contributed by atoms with van der Waals surface area (Å²) in [5, 5.41) is 17.0. The van der Waals surface area contributed by atoms with E-state index in [2.05, 4.69) is 26.1 Å². The number of aromatic nitrogens is 2. The highest BCUT2D eigenvalue weighted by Gasteiger charge is 2.78. The summed E-state index contributed by atoms with van der Waals surface area (Å²) in [4.78, 5) is 28.6. The Kier molecular flexibility index (Phi) is 7.19. The lowest BCUT2D eigenvalue weighted by Gasteiger charge is -2.59. The maximum absolute atomic E-state index is 16.0. The van der Waals surface area contributed by atoms with Gasteiger partial charge >= 0.3 is 0 Å². The number of carbonyl (C=O) groups is 2. The summed E-state index contributed by atoms with van der Waals surface area (Å²) in [5.41, 5.74) is -3.37. The zero-order valence-electron chi connectivity index (χ0n) is 23.2. The summed E-state index contributed by atoms with van der Waals surface area (Å²) in [5.74, 6) is -2.61. The van der Waals surface area contributed by atoms with Crippen LogP contribution in [0.5, 0.6) is 0 Å². The van der Waals surface area contributed by atoms with Gasteiger partial charge in [0.25, 0.3) is 0 Å². The van der Waals surface area contributed by atoms with Crippen molar-refractivity contribution < 1.29 is 31.9 Å². The molecule has 2 saturated heterocycles. The van der Waals surface area contributed by atoms with Crippen molar-refractivity contribution in [3.8, 4) is 0 Å². The fourth-order valence-electron chi connectivity index (χ4n) is 8.03. The molecule has 4 heterocycles. The van der Waals surface area contributed by atoms with E-state index in [1.807, 2.05) is 0 Å². The minimum absolute atomic E-state index is 0.0364. The number of ether oxygens (including phenoxy) is 1. The number of halogens is 5. The fourth-order valence-corrected chi connectivity index (χ4v) is 8.38. The molecule has 3 fully saturated rings. The van der Waals surface area contributed by atoms with Crippen LogP contribution in [0.2, 0.25) is 10.0 Å². The maximum atomic E-state index is 16.0. The summed E-state index contributed by atoms with van der Waals surface area (Å²) in [6.45, 7) is -1.76. The van der Waals surface area contributed by atoms with Gasteiger partial charge in [0.05, 0.1) is 37.1 Å². The molecule has 0 bridgehead atoms. The molecule has 0 radical (unpaired) electrons. The largest absolute Gasteiger partial charge is 0.425 e. The van der Waals surface area contributed by atoms with E-state index < -0.39 is 71.5 Å². The first-order valence-electron chi connectivity index (χ1n) is 14.3. The SMILES string of the molecule is O=C(N[C@@H]1CC[C@@H](c2nnco2)OC1)[C@@H]1NC2(CC(CF)(CF)C2)[C@@]2(C(=O)Nc3cc(Cl)ccc32)[C@H]1c1cccc(Cl)c1F. The molecule has 4 aliphatic rings. The standard InChI is InChI=1S/C30H28Cl2F3N5O4/c31-15-4-6-18-20(8-15)38-27(42)30(18)22(17-2-1-3-19(32)23(17)35)24(39-29(30)10-28(11-29,12-33)13-34)25(41)37-16-5-7-21(43-9-16)26-40-36-14-44-26/h1-4,6,8,14,16,21-22,24,39H,5,7,9-13H2,(H,37,41)(H,38,42)/t16-,21+,22+,24-,30-/m1/s1. The number of hydrogen-bond acceptors (Lipinski definition) is 7. The molecule has 44 heavy (non-hydrogen) atoms. The van der Waals surface area contributed by atoms with E-state index in [0.717, 1.165) is 0 Å². The first kappa shape index (κ1) is 29.5. The molecule has 2 aromatic carbocycles. The van der Waals surface area contributed by atoms with E-state index in [4.69, 9.17) is 32.4 Å². The third-order valence-electron chi connectivity index (χ3n) is 9.79. The van der Waals surface area contributed by atoms with Gasteiger partial charge in [0.1, 0.15) is 17.3 Å². The zero-order valence-corrected chi connectivity index (χ0v) is 24.7. The third-order valence-corrected chi connectivity index (χ3v) is 10.3. The van der Waals surface area contributed by atoms with Crippen LogP contribution in [-0.2, 0) is 19.7 Å². The van der Waals surface area contributed by atoms with Gasteiger partial charge in [-0.05, 0) is 55.0 Å². The summed E-state index contributed by atoms with van der Waals surface area (Å²) in [6, 6.07) is 7.66. The van der Waals surface area contributed by atoms with Crippen molar-refractivity contribution >= 4 is 40.7 Å². The van der Waals surface area contributed by atoms with Crippen molar-refractivity contribution in [3.05, 3.63) is 75.7 Å². The molecule has 1 aliphatic carbocycles. The van der Waals surface area contributed by atoms with Crippen molar-refractivity contribution in [1.82, 2.24) is 20.8 Å². The van der Waals surface area contributed by atoms with Crippen molar-refractivity contribution in [2.75, 3.05) is 25.3 Å². The molecule has 3 aliphatic heterocycles. The van der Waals surface area contributed by atoms with Gasteiger partial charge in [-0.3, -0.25) is 23.7 Å². The zero-order chi connectivity index (χ0) is 30.9. The number of nitrogens with one attached hydrogen (secondary N) is 3. The van der Waals surface area contributed by atoms with E-state index >= 15 is 4.39 Å². The maximum Gasteiger partial charge on any atom is 0.244 e. The lowest BCUT2D eigenvalue weighted by atomic mass is 9.46. The Hall–Kier alpha value is -3.19. The highest BCUT2D eigenvalue weighted by Crippen LogP contribution is 2.68. The van der Waals surface area contributed by atoms with E-state index in [9.17, 15) is 18.4 Å². The molecule has 2 spiro atoms. The summed E-state index contributed by atoms with van der Waals surface area (Å²) in [7, 11) is 0. The van der Waals surface area contributed by atoms with Crippen LogP contribution in [0.1, 0.15) is 54.7 Å². The molecule has 14 heteroatoms. The van der Waals surface area contributed by atoms with Crippen LogP contribution in [0, 0.1) is 11.2 Å². The van der Waals surface area contributed by atoms with Crippen LogP contribution in [0.25, 0.3) is 0 Å². The first-order chi connectivity index (χ1) is 21.2. The molecule has 9 nitrogen and oxygen atoms in total. The molecule has 7 rings (SSSR count). The van der Waals surface area contributed by atoms with E-state index in [1.165, 1.54) is 18.5 Å². The average molecular weight is 650 g/mol. The van der Waals surface area contributed by atoms with E-state index in [1.54, 1.807) is 24.3 Å². The summed E-state index contributed by atoms with van der Waals surface area (Å²) < 4.78 is 55.7. The van der Waals surface area contributed by atoms with Gasteiger partial charge in [0.2, 0.25) is 24.1 Å². The minimum atomic E-state index is -1.62. The lowest BCUT2D eigenvalue weighted by Crippen LogP contribution is -2.70. The molecule has 232 valence electrons. The van der Waals surface area contributed by atoms with Crippen molar-refractivity contribution in [2.45, 2.75) is 60.7 Å². The average Bonchev–Trinajstić information content (AvgIpc) is 3.71. The van der Waals surface area contributed by atoms with Gasteiger partial charge in [-0.1, -0.05) is 41.4 Å². The monoisotopic (exact) mass is 649 g/mol. The molecule has 1 saturated carbocycles.